The Balaban J connectivity index is 2.43. The summed E-state index contributed by atoms with van der Waals surface area (Å²) in [5.74, 6) is -0.757. The fourth-order valence-corrected chi connectivity index (χ4v) is 3.79. The molecule has 0 aliphatic rings. The van der Waals surface area contributed by atoms with E-state index in [0.717, 1.165) is 19.4 Å². The van der Waals surface area contributed by atoms with Gasteiger partial charge in [0.2, 0.25) is 0 Å². The molecule has 1 aromatic carbocycles. The van der Waals surface area contributed by atoms with Crippen molar-refractivity contribution in [2.24, 2.45) is 0 Å². The van der Waals surface area contributed by atoms with Gasteiger partial charge < -0.3 is 14.8 Å². The largest absolute Gasteiger partial charge is 0.481 e. The first-order valence-corrected chi connectivity index (χ1v) is 12.2. The first-order valence-electron chi connectivity index (χ1n) is 9.26. The van der Waals surface area contributed by atoms with E-state index in [1.54, 1.807) is 0 Å². The summed E-state index contributed by atoms with van der Waals surface area (Å²) in [6.07, 6.45) is 2.80. The van der Waals surface area contributed by atoms with Crippen molar-refractivity contribution < 1.29 is 14.3 Å². The molecule has 2 N–H and O–H groups in total. The van der Waals surface area contributed by atoms with E-state index in [-0.39, 0.29) is 17.6 Å². The van der Waals surface area contributed by atoms with Crippen LogP contribution in [0.4, 0.5) is 0 Å². The minimum absolute atomic E-state index is 0.0336. The second kappa shape index (κ2) is 10.1. The van der Waals surface area contributed by atoms with Crippen molar-refractivity contribution in [1.29, 1.82) is 0 Å². The van der Waals surface area contributed by atoms with Crippen LogP contribution in [0, 0.1) is 0 Å². The molecule has 25 heavy (non-hydrogen) atoms. The SMILES string of the molecule is CC(C)(C)[Si](C)(C)O[C@H](CCC(=O)O)CNCCCc1ccccc1. The third-order valence-corrected chi connectivity index (χ3v) is 9.52. The second-order valence-electron chi connectivity index (χ2n) is 8.23. The van der Waals surface area contributed by atoms with Crippen molar-refractivity contribution in [1.82, 2.24) is 5.32 Å². The van der Waals surface area contributed by atoms with Gasteiger partial charge >= 0.3 is 5.97 Å². The van der Waals surface area contributed by atoms with Crippen LogP contribution in [0.5, 0.6) is 0 Å². The number of rotatable bonds is 11. The molecule has 0 aliphatic carbocycles. The molecule has 0 unspecified atom stereocenters. The standard InChI is InChI=1S/C20H35NO3Si/c1-20(2,3)25(4,5)24-18(13-14-19(22)23)16-21-15-9-12-17-10-7-6-8-11-17/h6-8,10-11,18,21H,9,12-16H2,1-5H3,(H,22,23)/t18-/m1/s1. The van der Waals surface area contributed by atoms with Crippen LogP contribution in [0.3, 0.4) is 0 Å². The topological polar surface area (TPSA) is 58.6 Å². The molecule has 142 valence electrons. The van der Waals surface area contributed by atoms with Gasteiger partial charge in [-0.1, -0.05) is 51.1 Å². The lowest BCUT2D eigenvalue weighted by Gasteiger charge is -2.39. The molecule has 0 saturated heterocycles. The van der Waals surface area contributed by atoms with Crippen LogP contribution in [0.15, 0.2) is 30.3 Å². The highest BCUT2D eigenvalue weighted by Gasteiger charge is 2.39. The fraction of sp³-hybridized carbons (Fsp3) is 0.650. The van der Waals surface area contributed by atoms with Gasteiger partial charge in [-0.3, -0.25) is 4.79 Å². The van der Waals surface area contributed by atoms with E-state index in [1.165, 1.54) is 5.56 Å². The van der Waals surface area contributed by atoms with Gasteiger partial charge in [-0.05, 0) is 49.5 Å². The zero-order valence-electron chi connectivity index (χ0n) is 16.5. The van der Waals surface area contributed by atoms with Gasteiger partial charge in [0.05, 0.1) is 6.10 Å². The lowest BCUT2D eigenvalue weighted by atomic mass is 10.1. The molecule has 0 amide bonds. The summed E-state index contributed by atoms with van der Waals surface area (Å²) in [6.45, 7) is 12.7. The van der Waals surface area contributed by atoms with Crippen molar-refractivity contribution in [3.05, 3.63) is 35.9 Å². The van der Waals surface area contributed by atoms with Gasteiger partial charge in [-0.2, -0.15) is 0 Å². The molecule has 0 fully saturated rings. The molecule has 0 bridgehead atoms. The third kappa shape index (κ3) is 8.65. The van der Waals surface area contributed by atoms with Crippen LogP contribution >= 0.6 is 0 Å². The predicted molar refractivity (Wildman–Crippen MR) is 107 cm³/mol. The van der Waals surface area contributed by atoms with Crippen molar-refractivity contribution >= 4 is 14.3 Å². The highest BCUT2D eigenvalue weighted by atomic mass is 28.4. The Labute approximate surface area is 154 Å². The van der Waals surface area contributed by atoms with Gasteiger partial charge in [0.25, 0.3) is 0 Å². The van der Waals surface area contributed by atoms with E-state index in [0.29, 0.717) is 13.0 Å². The summed E-state index contributed by atoms with van der Waals surface area (Å²) in [5.41, 5.74) is 1.35. The fourth-order valence-electron chi connectivity index (χ4n) is 2.41. The highest BCUT2D eigenvalue weighted by Crippen LogP contribution is 2.37. The number of aliphatic carboxylic acids is 1. The average molecular weight is 366 g/mol. The van der Waals surface area contributed by atoms with Crippen LogP contribution in [0.1, 0.15) is 45.6 Å². The highest BCUT2D eigenvalue weighted by molar-refractivity contribution is 6.74. The van der Waals surface area contributed by atoms with Crippen molar-refractivity contribution in [3.8, 4) is 0 Å². The lowest BCUT2D eigenvalue weighted by Crippen LogP contribution is -2.46. The Hall–Kier alpha value is -1.17. The first kappa shape index (κ1) is 21.9. The van der Waals surface area contributed by atoms with E-state index < -0.39 is 14.3 Å². The number of hydrogen-bond donors (Lipinski definition) is 2. The van der Waals surface area contributed by atoms with E-state index in [9.17, 15) is 4.79 Å². The molecule has 0 heterocycles. The molecule has 5 heteroatoms. The van der Waals surface area contributed by atoms with Crippen molar-refractivity contribution in [2.45, 2.75) is 70.7 Å². The zero-order valence-corrected chi connectivity index (χ0v) is 17.5. The molecule has 1 aromatic rings. The molecule has 0 aliphatic heterocycles. The van der Waals surface area contributed by atoms with E-state index in [1.807, 2.05) is 6.07 Å². The van der Waals surface area contributed by atoms with Gasteiger partial charge in [-0.25, -0.2) is 0 Å². The van der Waals surface area contributed by atoms with Crippen molar-refractivity contribution in [2.75, 3.05) is 13.1 Å². The molecule has 0 spiro atoms. The van der Waals surface area contributed by atoms with Crippen LogP contribution in [0.25, 0.3) is 0 Å². The van der Waals surface area contributed by atoms with Crippen LogP contribution in [-0.2, 0) is 15.6 Å². The van der Waals surface area contributed by atoms with Gasteiger partial charge in [0, 0.05) is 13.0 Å². The summed E-state index contributed by atoms with van der Waals surface area (Å²) >= 11 is 0. The number of nitrogens with one attached hydrogen (secondary N) is 1. The Morgan fingerprint density at radius 3 is 2.44 bits per heavy atom. The Bertz CT molecular complexity index is 511. The Kier molecular flexibility index (Phi) is 8.83. The molecule has 1 atom stereocenters. The van der Waals surface area contributed by atoms with E-state index in [2.05, 4.69) is 63.4 Å². The number of carboxylic acids is 1. The predicted octanol–water partition coefficient (Wildman–Crippen LogP) is 4.46. The summed E-state index contributed by atoms with van der Waals surface area (Å²) in [6, 6.07) is 10.5. The van der Waals surface area contributed by atoms with Crippen LogP contribution in [-0.4, -0.2) is 38.6 Å². The molecule has 4 nitrogen and oxygen atoms in total. The van der Waals surface area contributed by atoms with Gasteiger partial charge in [-0.15, -0.1) is 0 Å². The number of carboxylic acid groups (broad SMARTS) is 1. The maximum atomic E-state index is 10.9. The Morgan fingerprint density at radius 2 is 1.88 bits per heavy atom. The molecule has 1 rings (SSSR count). The first-order chi connectivity index (χ1) is 11.6. The van der Waals surface area contributed by atoms with Gasteiger partial charge in [0.1, 0.15) is 0 Å². The van der Waals surface area contributed by atoms with Crippen LogP contribution in [0.2, 0.25) is 18.1 Å². The minimum Gasteiger partial charge on any atom is -0.481 e. The second-order valence-corrected chi connectivity index (χ2v) is 13.0. The number of hydrogen-bond acceptors (Lipinski definition) is 3. The minimum atomic E-state index is -1.89. The summed E-state index contributed by atoms with van der Waals surface area (Å²) in [5, 5.41) is 12.6. The average Bonchev–Trinajstić information content (AvgIpc) is 2.51. The molecule has 0 saturated carbocycles. The maximum Gasteiger partial charge on any atom is 0.303 e. The van der Waals surface area contributed by atoms with Crippen molar-refractivity contribution in [3.63, 3.8) is 0 Å². The molecular weight excluding hydrogens is 330 g/mol. The zero-order chi connectivity index (χ0) is 18.9. The molecule has 0 radical (unpaired) electrons. The molecule has 0 aromatic heterocycles. The van der Waals surface area contributed by atoms with Gasteiger partial charge in [0.15, 0.2) is 8.32 Å². The maximum absolute atomic E-state index is 10.9. The summed E-state index contributed by atoms with van der Waals surface area (Å²) in [7, 11) is -1.89. The van der Waals surface area contributed by atoms with E-state index >= 15 is 0 Å². The molecular formula is C20H35NO3Si. The van der Waals surface area contributed by atoms with E-state index in [4.69, 9.17) is 9.53 Å². The smallest absolute Gasteiger partial charge is 0.303 e. The lowest BCUT2D eigenvalue weighted by molar-refractivity contribution is -0.137. The van der Waals surface area contributed by atoms with Crippen LogP contribution < -0.4 is 5.32 Å². The number of carbonyl (C=O) groups is 1. The quantitative estimate of drug-likeness (QED) is 0.449. The number of benzene rings is 1. The summed E-state index contributed by atoms with van der Waals surface area (Å²) in [4.78, 5) is 10.9. The normalized spacial score (nSPS) is 13.6. The summed E-state index contributed by atoms with van der Waals surface area (Å²) < 4.78 is 6.43. The third-order valence-electron chi connectivity index (χ3n) is 4.98. The Morgan fingerprint density at radius 1 is 1.24 bits per heavy atom. The number of aryl methyl sites for hydroxylation is 1. The monoisotopic (exact) mass is 365 g/mol.